The zero-order valence-electron chi connectivity index (χ0n) is 19.7. The Kier molecular flexibility index (Phi) is 94.4. The Hall–Kier alpha value is 0.600. The van der Waals surface area contributed by atoms with Gasteiger partial charge in [0.25, 0.3) is 0 Å². The van der Waals surface area contributed by atoms with Gasteiger partial charge in [-0.05, 0) is 26.2 Å². The number of carbonyl (C=O) groups is 1. The molecule has 0 aromatic heterocycles. The molecule has 0 aromatic carbocycles. The molecule has 0 bridgehead atoms. The minimum absolute atomic E-state index is 0. The van der Waals surface area contributed by atoms with Crippen LogP contribution in [0.25, 0.3) is 0 Å². The van der Waals surface area contributed by atoms with Gasteiger partial charge in [-0.25, -0.2) is 0 Å². The summed E-state index contributed by atoms with van der Waals surface area (Å²) in [4.78, 5) is 9.66. The van der Waals surface area contributed by atoms with E-state index >= 15 is 0 Å². The number of aliphatic hydroxyl groups excluding tert-OH is 3. The van der Waals surface area contributed by atoms with E-state index < -0.39 is 0 Å². The summed E-state index contributed by atoms with van der Waals surface area (Å²) in [5.41, 5.74) is 0. The topological polar surface area (TPSA) is 96.2 Å². The molecule has 0 saturated heterocycles. The number of hydrogen-bond donors (Lipinski definition) is 3. The van der Waals surface area contributed by atoms with Crippen LogP contribution in [-0.4, -0.2) is 86.5 Å². The maximum Gasteiger partial charge on any atom is 1.00 e. The van der Waals surface area contributed by atoms with E-state index in [2.05, 4.69) is 49.0 Å². The average molecular weight is 513 g/mol. The molecule has 29 heavy (non-hydrogen) atoms. The van der Waals surface area contributed by atoms with Crippen molar-refractivity contribution in [3.05, 3.63) is 38.0 Å². The van der Waals surface area contributed by atoms with E-state index in [0.29, 0.717) is 45.7 Å². The zero-order valence-corrected chi connectivity index (χ0v) is 23.2. The summed E-state index contributed by atoms with van der Waals surface area (Å²) in [6, 6.07) is 0. The molecule has 9 heteroatoms. The zero-order chi connectivity index (χ0) is 22.7. The van der Waals surface area contributed by atoms with Crippen LogP contribution in [0.15, 0.2) is 38.0 Å². The van der Waals surface area contributed by atoms with Gasteiger partial charge < -0.3 is 31.0 Å². The Labute approximate surface area is 212 Å². The number of ether oxygens (including phenoxy) is 2. The van der Waals surface area contributed by atoms with Crippen molar-refractivity contribution in [3.63, 3.8) is 0 Å². The predicted molar refractivity (Wildman–Crippen MR) is 128 cm³/mol. The summed E-state index contributed by atoms with van der Waals surface area (Å²) < 4.78 is 9.82. The van der Waals surface area contributed by atoms with E-state index in [1.165, 1.54) is 0 Å². The summed E-state index contributed by atoms with van der Waals surface area (Å²) in [6.07, 6.45) is 7.67. The molecule has 0 rings (SSSR count). The van der Waals surface area contributed by atoms with Crippen LogP contribution in [0.2, 0.25) is 0 Å². The van der Waals surface area contributed by atoms with Gasteiger partial charge >= 0.3 is 29.6 Å². The normalized spacial score (nSPS) is 7.79. The van der Waals surface area contributed by atoms with Crippen LogP contribution in [0.1, 0.15) is 20.7 Å². The maximum absolute atomic E-state index is 9.66. The van der Waals surface area contributed by atoms with Gasteiger partial charge in [0.05, 0.1) is 19.8 Å². The largest absolute Gasteiger partial charge is 1.00 e. The summed E-state index contributed by atoms with van der Waals surface area (Å²) in [6.45, 7) is 17.3. The molecule has 0 aromatic rings. The number of halogens is 1. The van der Waals surface area contributed by atoms with Gasteiger partial charge in [0.1, 0.15) is 6.29 Å². The van der Waals surface area contributed by atoms with Crippen molar-refractivity contribution in [3.8, 4) is 0 Å². The second-order valence-corrected chi connectivity index (χ2v) is 6.15. The fourth-order valence-electron chi connectivity index (χ4n) is 0.702. The Balaban J connectivity index is -0.0000000453. The summed E-state index contributed by atoms with van der Waals surface area (Å²) >= 11 is 3.13. The Morgan fingerprint density at radius 1 is 0.897 bits per heavy atom. The molecular formula is C20H43BrNaO6P. The van der Waals surface area contributed by atoms with Gasteiger partial charge in [-0.15, -0.1) is 28.3 Å². The molecule has 0 radical (unpaired) electrons. The number of rotatable bonds is 13. The van der Waals surface area contributed by atoms with Crippen molar-refractivity contribution in [1.29, 1.82) is 0 Å². The van der Waals surface area contributed by atoms with E-state index in [-0.39, 0.29) is 50.8 Å². The van der Waals surface area contributed by atoms with Crippen molar-refractivity contribution >= 4 is 30.8 Å². The third kappa shape index (κ3) is 109. The molecule has 172 valence electrons. The molecule has 3 N–H and O–H groups in total. The predicted octanol–water partition coefficient (Wildman–Crippen LogP) is 0.319. The van der Waals surface area contributed by atoms with E-state index in [1.54, 1.807) is 18.2 Å². The van der Waals surface area contributed by atoms with Gasteiger partial charge in [-0.1, -0.05) is 34.2 Å². The number of aliphatic hydroxyl groups is 3. The smallest absolute Gasteiger partial charge is 1.00 e. The van der Waals surface area contributed by atoms with Crippen molar-refractivity contribution < 1.29 is 60.6 Å². The second-order valence-electron chi connectivity index (χ2n) is 4.50. The SMILES string of the molecule is C=CCBr.C=CCOCCC=O.C=CCOCCCO.CPC.OCCCO.[H-].[Na+]. The molecule has 0 amide bonds. The van der Waals surface area contributed by atoms with Crippen LogP contribution in [-0.2, 0) is 14.3 Å². The standard InChI is InChI=1S/C6H12O2.C6H10O2.C3H5Br.C3H8O2.C2H7P.Na.H/c2*1-2-5-8-6-3-4-7;1-2-3-4;4-2-1-3-5;1-3-2;;/h2,7H,1,3-6H2;2,4H,1,3,5-6H2;2H,1,3H2;4-5H,1-3H2;3H,1-2H3;;/q;;;;;+1;-1. The Morgan fingerprint density at radius 2 is 1.28 bits per heavy atom. The van der Waals surface area contributed by atoms with Crippen LogP contribution >= 0.6 is 24.5 Å². The van der Waals surface area contributed by atoms with Crippen LogP contribution in [0, 0.1) is 0 Å². The molecule has 0 spiro atoms. The minimum atomic E-state index is 0. The summed E-state index contributed by atoms with van der Waals surface area (Å²) in [5, 5.41) is 25.0. The van der Waals surface area contributed by atoms with Crippen LogP contribution < -0.4 is 29.6 Å². The van der Waals surface area contributed by atoms with Crippen molar-refractivity contribution in [2.75, 3.05) is 64.9 Å². The van der Waals surface area contributed by atoms with Gasteiger partial charge in [-0.2, -0.15) is 0 Å². The quantitative estimate of drug-likeness (QED) is 0.0821. The van der Waals surface area contributed by atoms with E-state index in [0.717, 1.165) is 20.2 Å². The van der Waals surface area contributed by atoms with Gasteiger partial charge in [0.2, 0.25) is 0 Å². The molecule has 6 nitrogen and oxygen atoms in total. The first-order valence-electron chi connectivity index (χ1n) is 8.96. The molecule has 0 aliphatic carbocycles. The number of alkyl halides is 1. The first kappa shape index (κ1) is 43.5. The molecule has 0 fully saturated rings. The van der Waals surface area contributed by atoms with E-state index in [9.17, 15) is 4.79 Å². The minimum Gasteiger partial charge on any atom is -1.00 e. The van der Waals surface area contributed by atoms with Crippen LogP contribution in [0.4, 0.5) is 0 Å². The summed E-state index contributed by atoms with van der Waals surface area (Å²) in [7, 11) is 1.08. The molecule has 0 aliphatic heterocycles. The van der Waals surface area contributed by atoms with E-state index in [1.807, 2.05) is 0 Å². The summed E-state index contributed by atoms with van der Waals surface area (Å²) in [5.74, 6) is 0. The van der Waals surface area contributed by atoms with Gasteiger partial charge in [0.15, 0.2) is 0 Å². The number of aldehydes is 1. The molecule has 0 heterocycles. The molecule has 0 aliphatic rings. The molecular weight excluding hydrogens is 470 g/mol. The van der Waals surface area contributed by atoms with Gasteiger partial charge in [-0.3, -0.25) is 0 Å². The van der Waals surface area contributed by atoms with E-state index in [4.69, 9.17) is 24.8 Å². The fourth-order valence-corrected chi connectivity index (χ4v) is 0.702. The van der Waals surface area contributed by atoms with Crippen molar-refractivity contribution in [2.24, 2.45) is 0 Å². The monoisotopic (exact) mass is 512 g/mol. The van der Waals surface area contributed by atoms with Crippen LogP contribution in [0.5, 0.6) is 0 Å². The second kappa shape index (κ2) is 63.0. The number of carbonyl (C=O) groups excluding carboxylic acids is 1. The molecule has 0 atom stereocenters. The fraction of sp³-hybridized carbons (Fsp3) is 0.650. The number of allylic oxidation sites excluding steroid dienone is 1. The first-order valence-corrected chi connectivity index (χ1v) is 12.1. The van der Waals surface area contributed by atoms with Gasteiger partial charge in [0, 0.05) is 38.2 Å². The maximum atomic E-state index is 9.66. The average Bonchev–Trinajstić information content (AvgIpc) is 2.71. The number of hydrogen-bond acceptors (Lipinski definition) is 6. The Morgan fingerprint density at radius 3 is 1.52 bits per heavy atom. The Bertz CT molecular complexity index is 270. The van der Waals surface area contributed by atoms with Crippen LogP contribution in [0.3, 0.4) is 0 Å². The van der Waals surface area contributed by atoms with Crippen molar-refractivity contribution in [1.82, 2.24) is 0 Å². The molecule has 0 saturated carbocycles. The van der Waals surface area contributed by atoms with Crippen molar-refractivity contribution in [2.45, 2.75) is 19.3 Å². The first-order chi connectivity index (χ1) is 13.6. The third-order valence-electron chi connectivity index (χ3n) is 1.72. The molecule has 0 unspecified atom stereocenters. The third-order valence-corrected chi connectivity index (χ3v) is 2.18.